The number of nitrogens with one attached hydrogen (secondary N) is 1. The molecule has 0 aliphatic carbocycles. The Bertz CT molecular complexity index is 1750. The van der Waals surface area contributed by atoms with Crippen LogP contribution in [-0.4, -0.2) is 88.1 Å². The molecule has 1 fully saturated rings. The molecule has 1 unspecified atom stereocenters. The quantitative estimate of drug-likeness (QED) is 0.0355. The molecule has 8 N–H and O–H groups in total. The third-order valence-corrected chi connectivity index (χ3v) is 9.62. The lowest BCUT2D eigenvalue weighted by Gasteiger charge is -2.50. The van der Waals surface area contributed by atoms with E-state index in [2.05, 4.69) is 25.5 Å². The summed E-state index contributed by atoms with van der Waals surface area (Å²) in [5, 5.41) is 33.1. The number of thiazole rings is 1. The summed E-state index contributed by atoms with van der Waals surface area (Å²) in [6, 6.07) is 0.467. The summed E-state index contributed by atoms with van der Waals surface area (Å²) in [7, 11) is 1.71. The van der Waals surface area contributed by atoms with Crippen molar-refractivity contribution in [3.05, 3.63) is 28.4 Å². The number of hydrogen-bond donors (Lipinski definition) is 5. The van der Waals surface area contributed by atoms with Crippen LogP contribution in [0.5, 0.6) is 0 Å². The van der Waals surface area contributed by atoms with E-state index in [-0.39, 0.29) is 46.2 Å². The van der Waals surface area contributed by atoms with Gasteiger partial charge < -0.3 is 42.4 Å². The molecule has 2 amide bonds. The van der Waals surface area contributed by atoms with Crippen molar-refractivity contribution in [1.29, 1.82) is 0 Å². The van der Waals surface area contributed by atoms with Gasteiger partial charge in [-0.05, 0) is 28.9 Å². The topological polar surface area (TPSA) is 274 Å². The third-order valence-electron chi connectivity index (χ3n) is 6.59. The number of aryl methyl sites for hydroxylation is 1. The third kappa shape index (κ3) is 5.67. The molecule has 1 saturated heterocycles. The number of nitrogens with two attached hydrogens (primary N) is 3. The normalized spacial score (nSPS) is 19.0. The molecule has 0 saturated carbocycles. The van der Waals surface area contributed by atoms with Gasteiger partial charge in [0.2, 0.25) is 11.9 Å². The molecular weight excluding hydrogens is 639 g/mol. The Labute approximate surface area is 260 Å². The van der Waals surface area contributed by atoms with E-state index in [1.165, 1.54) is 21.7 Å². The Morgan fingerprint density at radius 3 is 2.73 bits per heavy atom. The SMILES string of the molecule is CC[C@@H](O/N=C(\C(=O)NC1C(=O)N2C(C(=O)[O-])=C(CSc3nc(N)cc4n(C)c(N)n[n+]34)CS[C@@H]12)c1csc(N)n1)C(=O)O. The van der Waals surface area contributed by atoms with Crippen molar-refractivity contribution in [3.63, 3.8) is 0 Å². The molecule has 3 atom stereocenters. The fourth-order valence-corrected chi connectivity index (χ4v) is 7.34. The Morgan fingerprint density at radius 1 is 1.34 bits per heavy atom. The molecule has 0 aromatic carbocycles. The highest BCUT2D eigenvalue weighted by atomic mass is 32.2. The molecule has 18 nitrogen and oxygen atoms in total. The van der Waals surface area contributed by atoms with E-state index in [1.54, 1.807) is 24.6 Å². The summed E-state index contributed by atoms with van der Waals surface area (Å²) in [5.74, 6) is -3.69. The number of thioether (sulfide) groups is 2. The second-order valence-electron chi connectivity index (χ2n) is 9.39. The second kappa shape index (κ2) is 12.2. The predicted octanol–water partition coefficient (Wildman–Crippen LogP) is -2.46. The Kier molecular flexibility index (Phi) is 8.52. The van der Waals surface area contributed by atoms with Gasteiger partial charge in [0.05, 0.1) is 24.8 Å². The summed E-state index contributed by atoms with van der Waals surface area (Å²) in [6.45, 7) is 1.56. The first-order valence-electron chi connectivity index (χ1n) is 12.7. The van der Waals surface area contributed by atoms with Crippen LogP contribution in [0.1, 0.15) is 19.0 Å². The summed E-state index contributed by atoms with van der Waals surface area (Å²) in [4.78, 5) is 64.5. The lowest BCUT2D eigenvalue weighted by molar-refractivity contribution is -0.621. The zero-order valence-corrected chi connectivity index (χ0v) is 25.4. The number of nitrogen functional groups attached to an aromatic ring is 3. The standard InChI is InChI=1S/C23H25N11O7S3/c1-3-10(19(37)38)41-31-13(9-7-43-22(26)27-9)16(35)29-14-17(36)33-15(20(39)40)8(5-42-18(14)33)6-44-23-28-11(24)4-12-32(2)21(25)30-34(12)23/h4,7,10,14,18,24H,3,5-6H2,1-2H3,(H7,25,26,27,29,30,35,37,38,39,40)/b31-13-/t10-,14?,18+/m1/s1. The zero-order valence-electron chi connectivity index (χ0n) is 23.0. The van der Waals surface area contributed by atoms with Crippen LogP contribution >= 0.6 is 34.9 Å². The van der Waals surface area contributed by atoms with Crippen LogP contribution in [0.4, 0.5) is 16.9 Å². The first kappa shape index (κ1) is 30.8. The van der Waals surface area contributed by atoms with Gasteiger partial charge in [-0.15, -0.1) is 23.1 Å². The maximum Gasteiger partial charge on any atom is 0.347 e. The average molecular weight is 664 g/mol. The van der Waals surface area contributed by atoms with Gasteiger partial charge in [0.15, 0.2) is 10.8 Å². The van der Waals surface area contributed by atoms with Crippen molar-refractivity contribution < 1.29 is 38.7 Å². The number of aliphatic carboxylic acids is 2. The van der Waals surface area contributed by atoms with E-state index in [1.807, 2.05) is 0 Å². The smallest absolute Gasteiger partial charge is 0.347 e. The Morgan fingerprint density at radius 2 is 2.09 bits per heavy atom. The van der Waals surface area contributed by atoms with Crippen molar-refractivity contribution >= 4 is 86.9 Å². The highest BCUT2D eigenvalue weighted by molar-refractivity contribution is 8.01. The van der Waals surface area contributed by atoms with Crippen molar-refractivity contribution in [2.75, 3.05) is 28.7 Å². The van der Waals surface area contributed by atoms with E-state index in [0.717, 1.165) is 28.0 Å². The molecular formula is C23H25N11O7S3. The molecule has 5 heterocycles. The average Bonchev–Trinajstić information content (AvgIpc) is 3.53. The maximum atomic E-state index is 13.2. The number of anilines is 3. The van der Waals surface area contributed by atoms with E-state index < -0.39 is 47.0 Å². The largest absolute Gasteiger partial charge is 0.543 e. The van der Waals surface area contributed by atoms with Gasteiger partial charge in [-0.25, -0.2) is 14.3 Å². The van der Waals surface area contributed by atoms with Gasteiger partial charge in [0.25, 0.3) is 23.4 Å². The fourth-order valence-electron chi connectivity index (χ4n) is 4.35. The second-order valence-corrected chi connectivity index (χ2v) is 12.3. The molecule has 2 aliphatic heterocycles. The lowest BCUT2D eigenvalue weighted by atomic mass is 10.0. The summed E-state index contributed by atoms with van der Waals surface area (Å²) in [5.41, 5.74) is 17.8. The Hall–Kier alpha value is -4.63. The molecule has 21 heteroatoms. The molecule has 3 aromatic rings. The minimum Gasteiger partial charge on any atom is -0.543 e. The molecule has 3 aromatic heterocycles. The van der Waals surface area contributed by atoms with Crippen molar-refractivity contribution in [2.45, 2.75) is 36.0 Å². The van der Waals surface area contributed by atoms with Crippen molar-refractivity contribution in [1.82, 2.24) is 29.9 Å². The van der Waals surface area contributed by atoms with Crippen molar-refractivity contribution in [3.8, 4) is 0 Å². The number of amides is 2. The van der Waals surface area contributed by atoms with E-state index >= 15 is 0 Å². The van der Waals surface area contributed by atoms with E-state index in [9.17, 15) is 29.4 Å². The number of carboxylic acids is 2. The number of hydrogen-bond acceptors (Lipinski definition) is 16. The predicted molar refractivity (Wildman–Crippen MR) is 157 cm³/mol. The van der Waals surface area contributed by atoms with Crippen LogP contribution in [0.3, 0.4) is 0 Å². The number of aromatic nitrogens is 5. The molecule has 2 aliphatic rings. The fraction of sp³-hybridized carbons (Fsp3) is 0.348. The molecule has 0 radical (unpaired) electrons. The van der Waals surface area contributed by atoms with E-state index in [0.29, 0.717) is 16.4 Å². The first-order chi connectivity index (χ1) is 20.9. The van der Waals surface area contributed by atoms with Crippen LogP contribution in [0.2, 0.25) is 0 Å². The minimum atomic E-state index is -1.56. The summed E-state index contributed by atoms with van der Waals surface area (Å²) in [6.07, 6.45) is -1.27. The number of carboxylic acid groups (broad SMARTS) is 2. The van der Waals surface area contributed by atoms with Gasteiger partial charge in [-0.2, -0.15) is 0 Å². The number of oxime groups is 1. The molecule has 0 spiro atoms. The molecule has 232 valence electrons. The maximum absolute atomic E-state index is 13.2. The van der Waals surface area contributed by atoms with Gasteiger partial charge in [-0.3, -0.25) is 14.5 Å². The highest BCUT2D eigenvalue weighted by Gasteiger charge is 2.53. The van der Waals surface area contributed by atoms with Crippen LogP contribution in [0.15, 0.2) is 33.0 Å². The van der Waals surface area contributed by atoms with Crippen LogP contribution in [0.25, 0.3) is 5.65 Å². The first-order valence-corrected chi connectivity index (χ1v) is 15.6. The molecule has 0 bridgehead atoms. The van der Waals surface area contributed by atoms with Crippen LogP contribution in [-0.2, 0) is 31.1 Å². The van der Waals surface area contributed by atoms with Gasteiger partial charge in [0, 0.05) is 16.9 Å². The van der Waals surface area contributed by atoms with Gasteiger partial charge in [-0.1, -0.05) is 21.6 Å². The lowest BCUT2D eigenvalue weighted by Crippen LogP contribution is -2.71. The number of fused-ring (bicyclic) bond motifs is 2. The van der Waals surface area contributed by atoms with Crippen molar-refractivity contribution in [2.24, 2.45) is 12.2 Å². The summed E-state index contributed by atoms with van der Waals surface area (Å²) < 4.78 is 3.09. The van der Waals surface area contributed by atoms with Crippen LogP contribution < -0.4 is 32.1 Å². The van der Waals surface area contributed by atoms with Gasteiger partial charge in [0.1, 0.15) is 17.1 Å². The Balaban J connectivity index is 1.35. The minimum absolute atomic E-state index is 0.0107. The van der Waals surface area contributed by atoms with E-state index in [4.69, 9.17) is 22.0 Å². The van der Waals surface area contributed by atoms with Crippen LogP contribution in [0, 0.1) is 0 Å². The molecule has 44 heavy (non-hydrogen) atoms. The number of β-lactam (4-membered cyclic amide) rings is 1. The number of rotatable bonds is 11. The number of carbonyl (C=O) groups excluding carboxylic acids is 3. The number of nitrogens with zero attached hydrogens (tertiary/aromatic N) is 7. The van der Waals surface area contributed by atoms with Gasteiger partial charge >= 0.3 is 11.1 Å². The number of carbonyl (C=O) groups is 4. The molecule has 5 rings (SSSR count). The summed E-state index contributed by atoms with van der Waals surface area (Å²) >= 11 is 3.40. The highest BCUT2D eigenvalue weighted by Crippen LogP contribution is 2.41. The zero-order chi connectivity index (χ0) is 31.9. The monoisotopic (exact) mass is 663 g/mol.